The van der Waals surface area contributed by atoms with Gasteiger partial charge in [-0.1, -0.05) is 24.3 Å². The number of carbonyl (C=O) groups is 1. The number of hydrogen-bond acceptors (Lipinski definition) is 7. The van der Waals surface area contributed by atoms with Crippen LogP contribution in [0.4, 0.5) is 19.5 Å². The molecule has 11 heteroatoms. The van der Waals surface area contributed by atoms with Gasteiger partial charge in [0.25, 0.3) is 5.91 Å². The van der Waals surface area contributed by atoms with Crippen LogP contribution in [0.3, 0.4) is 0 Å². The highest BCUT2D eigenvalue weighted by molar-refractivity contribution is 7.19. The molecule has 0 radical (unpaired) electrons. The molecular weight excluding hydrogens is 450 g/mol. The van der Waals surface area contributed by atoms with E-state index in [2.05, 4.69) is 15.4 Å². The van der Waals surface area contributed by atoms with Crippen molar-refractivity contribution in [1.82, 2.24) is 14.8 Å². The third kappa shape index (κ3) is 4.75. The van der Waals surface area contributed by atoms with Gasteiger partial charge in [0, 0.05) is 13.1 Å². The first-order valence-electron chi connectivity index (χ1n) is 10.7. The molecular formula is C22H26F2N6O2S. The number of nitrogens with two attached hydrogens (primary N) is 2. The van der Waals surface area contributed by atoms with Crippen molar-refractivity contribution >= 4 is 27.9 Å². The number of benzene rings is 1. The number of halogens is 2. The van der Waals surface area contributed by atoms with Crippen LogP contribution in [0.25, 0.3) is 10.6 Å². The first kappa shape index (κ1) is 23.3. The SMILES string of the molecule is CCC1CC(N)CCC(c2c(NC(=O)c3nc(-c4c(F)cccc4F)sc3N)cnn2C)O1. The van der Waals surface area contributed by atoms with Crippen LogP contribution in [-0.4, -0.2) is 32.8 Å². The summed E-state index contributed by atoms with van der Waals surface area (Å²) < 4.78 is 36.3. The normalized spacial score (nSPS) is 21.1. The molecule has 0 bridgehead atoms. The van der Waals surface area contributed by atoms with E-state index >= 15 is 0 Å². The van der Waals surface area contributed by atoms with Crippen LogP contribution < -0.4 is 16.8 Å². The lowest BCUT2D eigenvalue weighted by Crippen LogP contribution is -2.24. The van der Waals surface area contributed by atoms with E-state index in [0.29, 0.717) is 17.8 Å². The number of nitrogen functional groups attached to an aromatic ring is 1. The maximum absolute atomic E-state index is 14.2. The fourth-order valence-electron chi connectivity index (χ4n) is 4.05. The van der Waals surface area contributed by atoms with Crippen molar-refractivity contribution in [1.29, 1.82) is 0 Å². The number of thiazole rings is 1. The number of carbonyl (C=O) groups excluding carboxylic acids is 1. The lowest BCUT2D eigenvalue weighted by atomic mass is 10.0. The summed E-state index contributed by atoms with van der Waals surface area (Å²) in [7, 11) is 1.77. The van der Waals surface area contributed by atoms with Gasteiger partial charge in [0.2, 0.25) is 0 Å². The topological polar surface area (TPSA) is 121 Å². The Bertz CT molecular complexity index is 1140. The monoisotopic (exact) mass is 476 g/mol. The molecule has 176 valence electrons. The zero-order valence-corrected chi connectivity index (χ0v) is 19.2. The van der Waals surface area contributed by atoms with Gasteiger partial charge in [-0.2, -0.15) is 5.10 Å². The minimum absolute atomic E-state index is 0.00784. The number of rotatable bonds is 5. The molecule has 8 nitrogen and oxygen atoms in total. The summed E-state index contributed by atoms with van der Waals surface area (Å²) >= 11 is 0.845. The minimum atomic E-state index is -0.778. The van der Waals surface area contributed by atoms with Crippen molar-refractivity contribution in [2.45, 2.75) is 50.9 Å². The second kappa shape index (κ2) is 9.54. The fraction of sp³-hybridized carbons (Fsp3) is 0.409. The van der Waals surface area contributed by atoms with Gasteiger partial charge >= 0.3 is 0 Å². The van der Waals surface area contributed by atoms with E-state index in [-0.39, 0.29) is 39.5 Å². The smallest absolute Gasteiger partial charge is 0.277 e. The molecule has 0 aliphatic carbocycles. The molecule has 1 aliphatic heterocycles. The molecule has 1 aromatic carbocycles. The van der Waals surface area contributed by atoms with Crippen molar-refractivity contribution in [3.05, 3.63) is 47.4 Å². The third-order valence-electron chi connectivity index (χ3n) is 5.76. The summed E-state index contributed by atoms with van der Waals surface area (Å²) in [5.74, 6) is -2.16. The molecule has 0 saturated carbocycles. The number of aromatic nitrogens is 3. The Morgan fingerprint density at radius 2 is 2.06 bits per heavy atom. The van der Waals surface area contributed by atoms with E-state index in [9.17, 15) is 13.6 Å². The van der Waals surface area contributed by atoms with Crippen molar-refractivity contribution in [3.8, 4) is 10.6 Å². The van der Waals surface area contributed by atoms with Crippen LogP contribution >= 0.6 is 11.3 Å². The highest BCUT2D eigenvalue weighted by Crippen LogP contribution is 2.36. The summed E-state index contributed by atoms with van der Waals surface area (Å²) in [4.78, 5) is 17.1. The Kier molecular flexibility index (Phi) is 6.73. The number of nitrogens with zero attached hydrogens (tertiary/aromatic N) is 3. The number of anilines is 2. The Balaban J connectivity index is 1.60. The average Bonchev–Trinajstić information content (AvgIpc) is 3.26. The lowest BCUT2D eigenvalue weighted by molar-refractivity contribution is -0.0154. The van der Waals surface area contributed by atoms with Crippen LogP contribution in [0.5, 0.6) is 0 Å². The van der Waals surface area contributed by atoms with Crippen molar-refractivity contribution in [3.63, 3.8) is 0 Å². The molecule has 33 heavy (non-hydrogen) atoms. The first-order valence-corrected chi connectivity index (χ1v) is 11.5. The average molecular weight is 477 g/mol. The molecule has 5 N–H and O–H groups in total. The second-order valence-electron chi connectivity index (χ2n) is 8.08. The predicted molar refractivity (Wildman–Crippen MR) is 123 cm³/mol. The molecule has 1 fully saturated rings. The Morgan fingerprint density at radius 3 is 2.76 bits per heavy atom. The number of nitrogens with one attached hydrogen (secondary N) is 1. The predicted octanol–water partition coefficient (Wildman–Crippen LogP) is 4.00. The largest absolute Gasteiger partial charge is 0.389 e. The molecule has 0 spiro atoms. The van der Waals surface area contributed by atoms with Gasteiger partial charge in [0.15, 0.2) is 5.69 Å². The quantitative estimate of drug-likeness (QED) is 0.512. The Labute approximate surface area is 193 Å². The number of aryl methyl sites for hydroxylation is 1. The summed E-state index contributed by atoms with van der Waals surface area (Å²) in [6.45, 7) is 2.05. The van der Waals surface area contributed by atoms with Crippen LogP contribution in [0.2, 0.25) is 0 Å². The third-order valence-corrected chi connectivity index (χ3v) is 6.66. The highest BCUT2D eigenvalue weighted by atomic mass is 32.1. The molecule has 1 saturated heterocycles. The summed E-state index contributed by atoms with van der Waals surface area (Å²) in [5.41, 5.74) is 12.9. The van der Waals surface area contributed by atoms with Gasteiger partial charge in [0.05, 0.1) is 29.2 Å². The molecule has 3 unspecified atom stereocenters. The molecule has 4 rings (SSSR count). The Hall–Kier alpha value is -2.89. The zero-order valence-electron chi connectivity index (χ0n) is 18.3. The highest BCUT2D eigenvalue weighted by Gasteiger charge is 2.30. The zero-order chi connectivity index (χ0) is 23.7. The van der Waals surface area contributed by atoms with Crippen molar-refractivity contribution < 1.29 is 18.3 Å². The van der Waals surface area contributed by atoms with Gasteiger partial charge in [-0.3, -0.25) is 9.48 Å². The van der Waals surface area contributed by atoms with Gasteiger partial charge in [-0.25, -0.2) is 13.8 Å². The molecule has 3 aromatic rings. The Morgan fingerprint density at radius 1 is 1.33 bits per heavy atom. The van der Waals surface area contributed by atoms with Crippen LogP contribution in [0.1, 0.15) is 54.9 Å². The minimum Gasteiger partial charge on any atom is -0.389 e. The standard InChI is InChI=1S/C22H26F2N6O2S/c1-3-12-9-11(25)7-8-16(32-12)19-15(10-27-30(19)2)28-21(31)18-20(26)33-22(29-18)17-13(23)5-4-6-14(17)24/h4-6,10-12,16H,3,7-9,25-26H2,1-2H3,(H,28,31). The molecule has 2 aromatic heterocycles. The van der Waals surface area contributed by atoms with Crippen LogP contribution in [0, 0.1) is 11.6 Å². The van der Waals surface area contributed by atoms with E-state index in [1.807, 2.05) is 6.92 Å². The maximum atomic E-state index is 14.2. The number of hydrogen-bond donors (Lipinski definition) is 3. The van der Waals surface area contributed by atoms with Crippen LogP contribution in [-0.2, 0) is 11.8 Å². The number of ether oxygens (including phenoxy) is 1. The van der Waals surface area contributed by atoms with E-state index in [4.69, 9.17) is 16.2 Å². The summed E-state index contributed by atoms with van der Waals surface area (Å²) in [6.07, 6.45) is 4.33. The van der Waals surface area contributed by atoms with Gasteiger partial charge in [0.1, 0.15) is 27.7 Å². The van der Waals surface area contributed by atoms with Crippen LogP contribution in [0.15, 0.2) is 24.4 Å². The number of amides is 1. The summed E-state index contributed by atoms with van der Waals surface area (Å²) in [5, 5.41) is 7.11. The maximum Gasteiger partial charge on any atom is 0.277 e. The van der Waals surface area contributed by atoms with E-state index in [1.165, 1.54) is 12.3 Å². The molecule has 3 atom stereocenters. The van der Waals surface area contributed by atoms with E-state index in [1.54, 1.807) is 11.7 Å². The summed E-state index contributed by atoms with van der Waals surface area (Å²) in [6, 6.07) is 3.56. The van der Waals surface area contributed by atoms with E-state index in [0.717, 1.165) is 42.7 Å². The molecule has 1 aliphatic rings. The molecule has 3 heterocycles. The van der Waals surface area contributed by atoms with Gasteiger partial charge in [-0.15, -0.1) is 0 Å². The van der Waals surface area contributed by atoms with Gasteiger partial charge < -0.3 is 21.5 Å². The molecule has 1 amide bonds. The van der Waals surface area contributed by atoms with Crippen molar-refractivity contribution in [2.24, 2.45) is 12.8 Å². The first-order chi connectivity index (χ1) is 15.8. The fourth-order valence-corrected chi connectivity index (χ4v) is 4.93. The van der Waals surface area contributed by atoms with Crippen molar-refractivity contribution in [2.75, 3.05) is 11.1 Å². The van der Waals surface area contributed by atoms with Gasteiger partial charge in [-0.05, 0) is 37.8 Å². The lowest BCUT2D eigenvalue weighted by Gasteiger charge is -2.22. The van der Waals surface area contributed by atoms with E-state index < -0.39 is 17.5 Å². The second-order valence-corrected chi connectivity index (χ2v) is 9.11.